The Labute approximate surface area is 224 Å². The molecule has 1 fully saturated rings. The molecule has 0 spiro atoms. The van der Waals surface area contributed by atoms with Crippen molar-refractivity contribution in [3.8, 4) is 11.8 Å². The van der Waals surface area contributed by atoms with Crippen molar-refractivity contribution in [3.63, 3.8) is 0 Å². The Morgan fingerprint density at radius 2 is 1.68 bits per heavy atom. The van der Waals surface area contributed by atoms with Gasteiger partial charge in [0.05, 0.1) is 0 Å². The Hall–Kier alpha value is -3.75. The number of nitrogens with two attached hydrogens (primary N) is 1. The molecule has 3 aromatic rings. The molecule has 1 heterocycles. The van der Waals surface area contributed by atoms with Crippen molar-refractivity contribution in [2.45, 2.75) is 25.8 Å². The molecule has 0 saturated carbocycles. The number of carbonyl (C=O) groups is 2. The number of hydrogen-bond donors (Lipinski definition) is 3. The lowest BCUT2D eigenvalue weighted by Crippen LogP contribution is -2.58. The van der Waals surface area contributed by atoms with Gasteiger partial charge in [0.1, 0.15) is 6.04 Å². The number of carboxylic acids is 1. The topological polar surface area (TPSA) is 127 Å². The van der Waals surface area contributed by atoms with Crippen LogP contribution in [-0.2, 0) is 16.1 Å². The second kappa shape index (κ2) is 12.2. The number of hydrazine groups is 1. The lowest BCUT2D eigenvalue weighted by Gasteiger charge is -2.41. The summed E-state index contributed by atoms with van der Waals surface area (Å²) in [7, 11) is 0. The smallest absolute Gasteiger partial charge is 0.323 e. The van der Waals surface area contributed by atoms with E-state index < -0.39 is 29.2 Å². The van der Waals surface area contributed by atoms with Crippen molar-refractivity contribution in [1.29, 1.82) is 0 Å². The Morgan fingerprint density at radius 3 is 2.29 bits per heavy atom. The number of carbonyl (C=O) groups excluding carboxylic acids is 1. The highest BCUT2D eigenvalue weighted by Gasteiger charge is 2.35. The van der Waals surface area contributed by atoms with Crippen LogP contribution in [0.4, 0.5) is 5.69 Å². The zero-order valence-electron chi connectivity index (χ0n) is 21.0. The van der Waals surface area contributed by atoms with E-state index in [2.05, 4.69) is 16.7 Å². The maximum Gasteiger partial charge on any atom is 0.323 e. The fourth-order valence-electron chi connectivity index (χ4n) is 4.62. The molecule has 4 rings (SSSR count). The monoisotopic (exact) mass is 534 g/mol. The number of anilines is 1. The quantitative estimate of drug-likeness (QED) is 0.299. The number of aliphatic carboxylic acids is 1. The summed E-state index contributed by atoms with van der Waals surface area (Å²) in [6, 6.07) is 17.9. The number of nitrogens with zero attached hydrogens (tertiary/aromatic N) is 3. The van der Waals surface area contributed by atoms with Gasteiger partial charge < -0.3 is 15.7 Å². The Balaban J connectivity index is 1.43. The van der Waals surface area contributed by atoms with Gasteiger partial charge in [0.15, 0.2) is 0 Å². The lowest BCUT2D eigenvalue weighted by atomic mass is 10.0. The molecule has 3 aromatic carbocycles. The third-order valence-electron chi connectivity index (χ3n) is 6.54. The lowest BCUT2D eigenvalue weighted by molar-refractivity contribution is -0.147. The summed E-state index contributed by atoms with van der Waals surface area (Å²) >= 11 is -2.42. The van der Waals surface area contributed by atoms with Crippen molar-refractivity contribution in [3.05, 3.63) is 77.4 Å². The first-order chi connectivity index (χ1) is 18.3. The fraction of sp³-hybridized carbons (Fsp3) is 0.286. The van der Waals surface area contributed by atoms with Crippen LogP contribution in [0.25, 0.3) is 10.8 Å². The molecule has 1 amide bonds. The van der Waals surface area contributed by atoms with Crippen LogP contribution in [0.5, 0.6) is 0 Å². The fourth-order valence-corrected chi connectivity index (χ4v) is 5.40. The highest BCUT2D eigenvalue weighted by Crippen LogP contribution is 2.22. The van der Waals surface area contributed by atoms with Gasteiger partial charge in [-0.15, -0.1) is 4.41 Å². The zero-order chi connectivity index (χ0) is 27.2. The molecule has 0 radical (unpaired) electrons. The van der Waals surface area contributed by atoms with Crippen molar-refractivity contribution in [1.82, 2.24) is 9.42 Å². The molecule has 38 heavy (non-hydrogen) atoms. The summed E-state index contributed by atoms with van der Waals surface area (Å²) in [6.45, 7) is 3.86. The summed E-state index contributed by atoms with van der Waals surface area (Å²) < 4.78 is 22.8. The molecule has 0 aliphatic carbocycles. The van der Waals surface area contributed by atoms with Crippen LogP contribution in [0.2, 0.25) is 0 Å². The number of primary amides is 1. The molecule has 0 bridgehead atoms. The first kappa shape index (κ1) is 27.3. The van der Waals surface area contributed by atoms with Gasteiger partial charge in [0.25, 0.3) is 0 Å². The van der Waals surface area contributed by atoms with Gasteiger partial charge in [-0.25, -0.2) is 9.22 Å². The van der Waals surface area contributed by atoms with Gasteiger partial charge in [-0.2, -0.15) is 0 Å². The van der Waals surface area contributed by atoms with Gasteiger partial charge in [-0.3, -0.25) is 14.1 Å². The molecular weight excluding hydrogens is 504 g/mol. The van der Waals surface area contributed by atoms with Gasteiger partial charge in [-0.1, -0.05) is 43.4 Å². The number of fused-ring (bicyclic) bond motifs is 1. The van der Waals surface area contributed by atoms with Gasteiger partial charge in [-0.05, 0) is 59.7 Å². The van der Waals surface area contributed by atoms with Gasteiger partial charge in [0.2, 0.25) is 17.2 Å². The summed E-state index contributed by atoms with van der Waals surface area (Å²) in [5.41, 5.74) is 8.58. The number of piperazine rings is 1. The SMILES string of the molecule is CCCC(C(=O)O)N(N1CCN(c2ccc(C#Cc3ccc4cccc(C(N)=O)c4c3)cc2)CC1)S(=O)O. The highest BCUT2D eigenvalue weighted by molar-refractivity contribution is 7.76. The Morgan fingerprint density at radius 1 is 1.03 bits per heavy atom. The maximum atomic E-state index is 12.0. The highest BCUT2D eigenvalue weighted by atomic mass is 32.2. The first-order valence-electron chi connectivity index (χ1n) is 12.4. The van der Waals surface area contributed by atoms with Crippen molar-refractivity contribution < 1.29 is 23.5 Å². The minimum absolute atomic E-state index is 0.288. The van der Waals surface area contributed by atoms with Crippen LogP contribution in [-0.4, -0.2) is 67.4 Å². The van der Waals surface area contributed by atoms with E-state index >= 15 is 0 Å². The molecule has 1 aliphatic heterocycles. The molecule has 4 N–H and O–H groups in total. The van der Waals surface area contributed by atoms with E-state index in [0.717, 1.165) is 32.0 Å². The molecular formula is C28H30N4O5S. The van der Waals surface area contributed by atoms with Crippen LogP contribution in [0.1, 0.15) is 41.3 Å². The van der Waals surface area contributed by atoms with E-state index in [0.29, 0.717) is 38.2 Å². The van der Waals surface area contributed by atoms with E-state index in [1.54, 1.807) is 17.1 Å². The van der Waals surface area contributed by atoms with E-state index in [1.165, 1.54) is 0 Å². The standard InChI is InChI=1S/C28H30N4O5S/c1-2-4-26(28(34)35)32(38(36)37)31-17-15-30(16-18-31)23-13-10-20(11-14-23)7-8-21-9-12-22-5-3-6-24(27(29)33)25(22)19-21/h3,5-6,9-14,19,26H,2,4,15-18H2,1H3,(H2,29,33)(H,34,35)(H,36,37). The minimum Gasteiger partial charge on any atom is -0.480 e. The van der Waals surface area contributed by atoms with Crippen LogP contribution in [0.3, 0.4) is 0 Å². The van der Waals surface area contributed by atoms with E-state index in [4.69, 9.17) is 5.73 Å². The summed E-state index contributed by atoms with van der Waals surface area (Å²) in [5, 5.41) is 12.9. The minimum atomic E-state index is -2.42. The van der Waals surface area contributed by atoms with Crippen LogP contribution in [0.15, 0.2) is 60.7 Å². The van der Waals surface area contributed by atoms with Crippen molar-refractivity contribution >= 4 is 39.6 Å². The zero-order valence-corrected chi connectivity index (χ0v) is 21.9. The first-order valence-corrected chi connectivity index (χ1v) is 13.4. The summed E-state index contributed by atoms with van der Waals surface area (Å²) in [5.74, 6) is 4.72. The number of hydrogen-bond acceptors (Lipinski definition) is 5. The summed E-state index contributed by atoms with van der Waals surface area (Å²) in [6.07, 6.45) is 0.880. The summed E-state index contributed by atoms with van der Waals surface area (Å²) in [4.78, 5) is 25.6. The second-order valence-corrected chi connectivity index (χ2v) is 9.85. The Kier molecular flexibility index (Phi) is 8.76. The number of benzene rings is 3. The molecule has 1 saturated heterocycles. The molecule has 9 nitrogen and oxygen atoms in total. The van der Waals surface area contributed by atoms with Crippen LogP contribution in [0, 0.1) is 11.8 Å². The second-order valence-electron chi connectivity index (χ2n) is 9.02. The van der Waals surface area contributed by atoms with E-state index in [-0.39, 0.29) is 6.42 Å². The third-order valence-corrected chi connectivity index (χ3v) is 7.35. The van der Waals surface area contributed by atoms with Gasteiger partial charge in [0, 0.05) is 48.6 Å². The third kappa shape index (κ3) is 6.20. The molecule has 2 unspecified atom stereocenters. The van der Waals surface area contributed by atoms with E-state index in [9.17, 15) is 23.5 Å². The molecule has 2 atom stereocenters. The van der Waals surface area contributed by atoms with Crippen LogP contribution < -0.4 is 10.6 Å². The number of amides is 1. The average Bonchev–Trinajstić information content (AvgIpc) is 2.91. The van der Waals surface area contributed by atoms with Crippen molar-refractivity contribution in [2.75, 3.05) is 31.1 Å². The maximum absolute atomic E-state index is 12.0. The molecule has 1 aliphatic rings. The van der Waals surface area contributed by atoms with Gasteiger partial charge >= 0.3 is 5.97 Å². The molecule has 198 valence electrons. The van der Waals surface area contributed by atoms with E-state index in [1.807, 2.05) is 55.5 Å². The predicted octanol–water partition coefficient (Wildman–Crippen LogP) is 3.07. The normalized spacial score (nSPS) is 15.6. The Bertz CT molecular complexity index is 1410. The number of carboxylic acid groups (broad SMARTS) is 1. The number of rotatable bonds is 8. The average molecular weight is 535 g/mol. The predicted molar refractivity (Wildman–Crippen MR) is 148 cm³/mol. The molecule has 0 aromatic heterocycles. The largest absolute Gasteiger partial charge is 0.480 e. The molecule has 10 heteroatoms. The van der Waals surface area contributed by atoms with Crippen LogP contribution >= 0.6 is 0 Å². The van der Waals surface area contributed by atoms with Crippen molar-refractivity contribution in [2.24, 2.45) is 5.73 Å².